The maximum atomic E-state index is 13.0. The Morgan fingerprint density at radius 2 is 1.94 bits per heavy atom. The van der Waals surface area contributed by atoms with Crippen LogP contribution in [0.5, 0.6) is 5.75 Å². The van der Waals surface area contributed by atoms with Crippen LogP contribution in [0.3, 0.4) is 0 Å². The van der Waals surface area contributed by atoms with Gasteiger partial charge in [0.1, 0.15) is 12.4 Å². The molecule has 4 rings (SSSR count). The summed E-state index contributed by atoms with van der Waals surface area (Å²) < 4.78 is 7.57. The van der Waals surface area contributed by atoms with Crippen LogP contribution in [0.1, 0.15) is 23.9 Å². The number of benzene rings is 3. The normalized spacial score (nSPS) is 11.3. The molecule has 0 aliphatic carbocycles. The van der Waals surface area contributed by atoms with E-state index < -0.39 is 4.92 Å². The molecule has 178 valence electrons. The Kier molecular flexibility index (Phi) is 7.49. The van der Waals surface area contributed by atoms with Crippen molar-refractivity contribution in [2.75, 3.05) is 0 Å². The minimum Gasteiger partial charge on any atom is -0.481 e. The first-order valence-electron chi connectivity index (χ1n) is 10.4. The molecule has 0 radical (unpaired) electrons. The van der Waals surface area contributed by atoms with E-state index in [1.54, 1.807) is 42.5 Å². The number of hydrogen-bond acceptors (Lipinski definition) is 6. The van der Waals surface area contributed by atoms with Crippen molar-refractivity contribution in [2.24, 2.45) is 5.10 Å². The van der Waals surface area contributed by atoms with E-state index in [1.165, 1.54) is 23.0 Å². The van der Waals surface area contributed by atoms with E-state index in [1.807, 2.05) is 6.92 Å². The Labute approximate surface area is 218 Å². The summed E-state index contributed by atoms with van der Waals surface area (Å²) in [6.07, 6.45) is 1.77. The number of ether oxygens (including phenoxy) is 1. The lowest BCUT2D eigenvalue weighted by Gasteiger charge is -2.11. The first-order valence-corrected chi connectivity index (χ1v) is 11.9. The fourth-order valence-electron chi connectivity index (χ4n) is 3.38. The first-order chi connectivity index (χ1) is 16.8. The SMILES string of the molecule is CCc1nc2ccc(Br)cc2c(=O)n1N=Cc1cc(Cl)c(OCc2ccccc2Cl)c([N+](=O)[O-])c1. The number of nitrogens with zero attached hydrogens (tertiary/aromatic N) is 4. The van der Waals surface area contributed by atoms with E-state index in [-0.39, 0.29) is 28.6 Å². The predicted molar refractivity (Wildman–Crippen MR) is 140 cm³/mol. The largest absolute Gasteiger partial charge is 0.481 e. The standard InChI is InChI=1S/C24H17BrCl2N4O4/c1-2-22-29-20-8-7-16(25)11-17(20)24(32)30(22)28-12-14-9-19(27)23(21(10-14)31(33)34)35-13-15-5-3-4-6-18(15)26/h3-12H,2,13H2,1H3. The van der Waals surface area contributed by atoms with Crippen LogP contribution in [0, 0.1) is 10.1 Å². The van der Waals surface area contributed by atoms with Crippen LogP contribution in [0.4, 0.5) is 5.69 Å². The lowest BCUT2D eigenvalue weighted by molar-refractivity contribution is -0.385. The second-order valence-electron chi connectivity index (χ2n) is 7.39. The number of hydrogen-bond donors (Lipinski definition) is 0. The molecule has 0 N–H and O–H groups in total. The highest BCUT2D eigenvalue weighted by atomic mass is 79.9. The number of halogens is 3. The lowest BCUT2D eigenvalue weighted by Crippen LogP contribution is -2.22. The zero-order valence-corrected chi connectivity index (χ0v) is 21.3. The van der Waals surface area contributed by atoms with Gasteiger partial charge in [-0.15, -0.1) is 0 Å². The summed E-state index contributed by atoms with van der Waals surface area (Å²) in [7, 11) is 0. The van der Waals surface area contributed by atoms with Crippen LogP contribution < -0.4 is 10.3 Å². The summed E-state index contributed by atoms with van der Waals surface area (Å²) in [4.78, 5) is 28.7. The minimum absolute atomic E-state index is 0.00123. The molecular weight excluding hydrogens is 559 g/mol. The second kappa shape index (κ2) is 10.6. The molecule has 8 nitrogen and oxygen atoms in total. The molecule has 4 aromatic rings. The monoisotopic (exact) mass is 574 g/mol. The molecular formula is C24H17BrCl2N4O4. The van der Waals surface area contributed by atoms with Crippen LogP contribution >= 0.6 is 39.1 Å². The van der Waals surface area contributed by atoms with E-state index >= 15 is 0 Å². The van der Waals surface area contributed by atoms with E-state index in [0.717, 1.165) is 4.47 Å². The van der Waals surface area contributed by atoms with Crippen molar-refractivity contribution in [3.8, 4) is 5.75 Å². The summed E-state index contributed by atoms with van der Waals surface area (Å²) >= 11 is 15.8. The molecule has 0 unspecified atom stereocenters. The highest BCUT2D eigenvalue weighted by Crippen LogP contribution is 2.36. The van der Waals surface area contributed by atoms with Crippen LogP contribution in [-0.2, 0) is 13.0 Å². The number of aromatic nitrogens is 2. The van der Waals surface area contributed by atoms with Crippen LogP contribution in [0.25, 0.3) is 10.9 Å². The van der Waals surface area contributed by atoms with Crippen molar-refractivity contribution in [1.29, 1.82) is 0 Å². The quantitative estimate of drug-likeness (QED) is 0.144. The molecule has 0 aliphatic rings. The summed E-state index contributed by atoms with van der Waals surface area (Å²) in [5.41, 5.74) is 0.835. The van der Waals surface area contributed by atoms with E-state index in [2.05, 4.69) is 26.0 Å². The van der Waals surface area contributed by atoms with Gasteiger partial charge in [-0.3, -0.25) is 14.9 Å². The molecule has 0 spiro atoms. The average Bonchev–Trinajstić information content (AvgIpc) is 2.83. The number of aryl methyl sites for hydroxylation is 1. The fourth-order valence-corrected chi connectivity index (χ4v) is 4.21. The predicted octanol–water partition coefficient (Wildman–Crippen LogP) is 6.40. The smallest absolute Gasteiger partial charge is 0.313 e. The summed E-state index contributed by atoms with van der Waals surface area (Å²) in [6, 6.07) is 15.0. The molecule has 0 saturated carbocycles. The molecule has 3 aromatic carbocycles. The van der Waals surface area contributed by atoms with Crippen molar-refractivity contribution in [3.05, 3.63) is 107 Å². The second-order valence-corrected chi connectivity index (χ2v) is 9.12. The highest BCUT2D eigenvalue weighted by Gasteiger charge is 2.21. The van der Waals surface area contributed by atoms with Crippen molar-refractivity contribution in [2.45, 2.75) is 20.0 Å². The molecule has 1 aromatic heterocycles. The fraction of sp³-hybridized carbons (Fsp3) is 0.125. The van der Waals surface area contributed by atoms with Crippen LogP contribution in [0.15, 0.2) is 69.0 Å². The van der Waals surface area contributed by atoms with E-state index in [4.69, 9.17) is 27.9 Å². The summed E-state index contributed by atoms with van der Waals surface area (Å²) in [5.74, 6) is 0.360. The Balaban J connectivity index is 1.71. The Morgan fingerprint density at radius 3 is 2.66 bits per heavy atom. The molecule has 1 heterocycles. The van der Waals surface area contributed by atoms with Gasteiger partial charge in [-0.25, -0.2) is 4.98 Å². The van der Waals surface area contributed by atoms with Gasteiger partial charge >= 0.3 is 5.69 Å². The van der Waals surface area contributed by atoms with E-state index in [9.17, 15) is 14.9 Å². The van der Waals surface area contributed by atoms with Gasteiger partial charge in [0, 0.05) is 33.1 Å². The topological polar surface area (TPSA) is 99.6 Å². The van der Waals surface area contributed by atoms with Gasteiger partial charge < -0.3 is 4.74 Å². The maximum Gasteiger partial charge on any atom is 0.313 e. The average molecular weight is 576 g/mol. The lowest BCUT2D eigenvalue weighted by atomic mass is 10.2. The van der Waals surface area contributed by atoms with Crippen LogP contribution in [0.2, 0.25) is 10.0 Å². The number of fused-ring (bicyclic) bond motifs is 1. The zero-order valence-electron chi connectivity index (χ0n) is 18.2. The van der Waals surface area contributed by atoms with Gasteiger partial charge in [-0.1, -0.05) is 64.3 Å². The van der Waals surface area contributed by atoms with Crippen molar-refractivity contribution in [3.63, 3.8) is 0 Å². The summed E-state index contributed by atoms with van der Waals surface area (Å²) in [6.45, 7) is 1.85. The van der Waals surface area contributed by atoms with Crippen LogP contribution in [-0.4, -0.2) is 20.8 Å². The molecule has 0 aliphatic heterocycles. The third-order valence-electron chi connectivity index (χ3n) is 5.09. The molecule has 0 bridgehead atoms. The first kappa shape index (κ1) is 24.8. The third kappa shape index (κ3) is 5.37. The zero-order chi connectivity index (χ0) is 25.1. The van der Waals surface area contributed by atoms with Crippen molar-refractivity contribution >= 4 is 61.9 Å². The van der Waals surface area contributed by atoms with Gasteiger partial charge in [0.05, 0.1) is 27.1 Å². The van der Waals surface area contributed by atoms with Gasteiger partial charge in [-0.2, -0.15) is 9.78 Å². The molecule has 35 heavy (non-hydrogen) atoms. The molecule has 11 heteroatoms. The van der Waals surface area contributed by atoms with Crippen molar-refractivity contribution < 1.29 is 9.66 Å². The van der Waals surface area contributed by atoms with Crippen molar-refractivity contribution in [1.82, 2.24) is 9.66 Å². The van der Waals surface area contributed by atoms with Gasteiger partial charge in [0.2, 0.25) is 5.75 Å². The molecule has 0 atom stereocenters. The Hall–Kier alpha value is -3.27. The molecule has 0 saturated heterocycles. The number of nitro groups is 1. The van der Waals surface area contributed by atoms with Gasteiger partial charge in [0.15, 0.2) is 0 Å². The minimum atomic E-state index is -0.593. The highest BCUT2D eigenvalue weighted by molar-refractivity contribution is 9.10. The third-order valence-corrected chi connectivity index (χ3v) is 6.23. The van der Waals surface area contributed by atoms with Gasteiger partial charge in [0.25, 0.3) is 5.56 Å². The molecule has 0 amide bonds. The number of nitro benzene ring substituents is 1. The number of rotatable bonds is 7. The van der Waals surface area contributed by atoms with E-state index in [0.29, 0.717) is 39.3 Å². The Morgan fingerprint density at radius 1 is 1.17 bits per heavy atom. The Bertz CT molecular complexity index is 1540. The summed E-state index contributed by atoms with van der Waals surface area (Å²) in [5, 5.41) is 16.9. The maximum absolute atomic E-state index is 13.0. The molecule has 0 fully saturated rings. The van der Waals surface area contributed by atoms with Gasteiger partial charge in [-0.05, 0) is 30.3 Å².